The second kappa shape index (κ2) is 7.16. The first-order chi connectivity index (χ1) is 12.3. The number of morpholine rings is 1. The Morgan fingerprint density at radius 2 is 2.16 bits per heavy atom. The van der Waals surface area contributed by atoms with Crippen LogP contribution in [0.3, 0.4) is 0 Å². The average molecular weight is 353 g/mol. The van der Waals surface area contributed by atoms with Crippen molar-refractivity contribution in [3.05, 3.63) is 42.2 Å². The zero-order chi connectivity index (χ0) is 17.1. The van der Waals surface area contributed by atoms with Gasteiger partial charge in [-0.3, -0.25) is 4.98 Å². The van der Waals surface area contributed by atoms with Gasteiger partial charge in [0.25, 0.3) is 0 Å². The first kappa shape index (κ1) is 16.0. The van der Waals surface area contributed by atoms with E-state index in [9.17, 15) is 0 Å². The SMILES string of the molecule is COc1ccc(-c2nccs2)nc1-c1[c]ncc(N2CCOCC2)c1. The van der Waals surface area contributed by atoms with Crippen molar-refractivity contribution in [2.45, 2.75) is 0 Å². The summed E-state index contributed by atoms with van der Waals surface area (Å²) in [6.45, 7) is 3.17. The maximum atomic E-state index is 5.50. The lowest BCUT2D eigenvalue weighted by Gasteiger charge is -2.28. The molecular formula is C18H17N4O2S. The van der Waals surface area contributed by atoms with Gasteiger partial charge in [-0.2, -0.15) is 0 Å². The lowest BCUT2D eigenvalue weighted by molar-refractivity contribution is 0.122. The molecular weight excluding hydrogens is 336 g/mol. The highest BCUT2D eigenvalue weighted by atomic mass is 32.1. The van der Waals surface area contributed by atoms with Crippen molar-refractivity contribution in [1.82, 2.24) is 15.0 Å². The Balaban J connectivity index is 1.74. The maximum absolute atomic E-state index is 5.50. The van der Waals surface area contributed by atoms with Crippen molar-refractivity contribution in [1.29, 1.82) is 0 Å². The summed E-state index contributed by atoms with van der Waals surface area (Å²) in [6, 6.07) is 5.88. The maximum Gasteiger partial charge on any atom is 0.145 e. The number of anilines is 1. The zero-order valence-corrected chi connectivity index (χ0v) is 14.6. The average Bonchev–Trinajstić information content (AvgIpc) is 3.23. The molecule has 25 heavy (non-hydrogen) atoms. The number of rotatable bonds is 4. The molecule has 4 heterocycles. The molecule has 0 aliphatic carbocycles. The van der Waals surface area contributed by atoms with Crippen LogP contribution in [-0.4, -0.2) is 48.4 Å². The molecule has 4 rings (SSSR count). The van der Waals surface area contributed by atoms with Crippen LogP contribution in [0.5, 0.6) is 5.75 Å². The third-order valence-corrected chi connectivity index (χ3v) is 4.83. The molecule has 0 saturated carbocycles. The molecule has 3 aromatic heterocycles. The number of methoxy groups -OCH3 is 1. The number of thiazole rings is 1. The van der Waals surface area contributed by atoms with E-state index in [1.807, 2.05) is 23.7 Å². The summed E-state index contributed by atoms with van der Waals surface area (Å²) >= 11 is 1.56. The molecule has 1 radical (unpaired) electrons. The van der Waals surface area contributed by atoms with E-state index < -0.39 is 0 Å². The van der Waals surface area contributed by atoms with Crippen LogP contribution in [0.2, 0.25) is 0 Å². The molecule has 0 unspecified atom stereocenters. The molecule has 0 spiro atoms. The predicted molar refractivity (Wildman–Crippen MR) is 97.0 cm³/mol. The van der Waals surface area contributed by atoms with Gasteiger partial charge in [-0.05, 0) is 18.2 Å². The zero-order valence-electron chi connectivity index (χ0n) is 13.8. The molecule has 0 atom stereocenters. The Kier molecular flexibility index (Phi) is 4.58. The van der Waals surface area contributed by atoms with Crippen molar-refractivity contribution < 1.29 is 9.47 Å². The third-order valence-electron chi connectivity index (χ3n) is 4.03. The highest BCUT2D eigenvalue weighted by Gasteiger charge is 2.16. The second-order valence-corrected chi connectivity index (χ2v) is 6.43. The summed E-state index contributed by atoms with van der Waals surface area (Å²) in [5.74, 6) is 0.692. The van der Waals surface area contributed by atoms with Crippen molar-refractivity contribution >= 4 is 17.0 Å². The molecule has 0 bridgehead atoms. The predicted octanol–water partition coefficient (Wildman–Crippen LogP) is 2.91. The van der Waals surface area contributed by atoms with Crippen molar-refractivity contribution in [3.8, 4) is 27.7 Å². The molecule has 1 fully saturated rings. The quantitative estimate of drug-likeness (QED) is 0.719. The van der Waals surface area contributed by atoms with Gasteiger partial charge in [-0.1, -0.05) is 0 Å². The molecule has 0 N–H and O–H groups in total. The van der Waals surface area contributed by atoms with Gasteiger partial charge in [0.15, 0.2) is 0 Å². The monoisotopic (exact) mass is 353 g/mol. The van der Waals surface area contributed by atoms with Crippen LogP contribution in [-0.2, 0) is 4.74 Å². The molecule has 127 valence electrons. The third kappa shape index (κ3) is 3.33. The van der Waals surface area contributed by atoms with Crippen LogP contribution in [0.25, 0.3) is 22.0 Å². The summed E-state index contributed by atoms with van der Waals surface area (Å²) in [5, 5.41) is 2.81. The summed E-state index contributed by atoms with van der Waals surface area (Å²) in [4.78, 5) is 15.6. The van der Waals surface area contributed by atoms with Gasteiger partial charge in [-0.15, -0.1) is 11.3 Å². The van der Waals surface area contributed by atoms with Gasteiger partial charge in [0, 0.05) is 30.2 Å². The molecule has 1 saturated heterocycles. The first-order valence-corrected chi connectivity index (χ1v) is 8.89. The highest BCUT2D eigenvalue weighted by Crippen LogP contribution is 2.32. The van der Waals surface area contributed by atoms with Crippen LogP contribution in [0.4, 0.5) is 5.69 Å². The molecule has 1 aliphatic rings. The summed E-state index contributed by atoms with van der Waals surface area (Å²) in [7, 11) is 1.64. The Labute approximate surface area is 150 Å². The van der Waals surface area contributed by atoms with Gasteiger partial charge in [-0.25, -0.2) is 9.97 Å². The molecule has 1 aliphatic heterocycles. The van der Waals surface area contributed by atoms with Crippen LogP contribution >= 0.6 is 11.3 Å². The fourth-order valence-electron chi connectivity index (χ4n) is 2.77. The lowest BCUT2D eigenvalue weighted by Crippen LogP contribution is -2.36. The van der Waals surface area contributed by atoms with Crippen molar-refractivity contribution in [2.75, 3.05) is 38.3 Å². The largest absolute Gasteiger partial charge is 0.494 e. The minimum Gasteiger partial charge on any atom is -0.494 e. The Morgan fingerprint density at radius 3 is 2.92 bits per heavy atom. The minimum atomic E-state index is 0.692. The van der Waals surface area contributed by atoms with E-state index in [1.165, 1.54) is 0 Å². The Hall–Kier alpha value is -2.51. The van der Waals surface area contributed by atoms with E-state index in [-0.39, 0.29) is 0 Å². The molecule has 3 aromatic rings. The van der Waals surface area contributed by atoms with Crippen molar-refractivity contribution in [2.24, 2.45) is 0 Å². The molecule has 0 amide bonds. The summed E-state index contributed by atoms with van der Waals surface area (Å²) in [5.41, 5.74) is 3.38. The van der Waals surface area contributed by atoms with Gasteiger partial charge < -0.3 is 14.4 Å². The minimum absolute atomic E-state index is 0.692. The number of aromatic nitrogens is 3. The van der Waals surface area contributed by atoms with Gasteiger partial charge >= 0.3 is 0 Å². The van der Waals surface area contributed by atoms with E-state index in [1.54, 1.807) is 24.6 Å². The molecule has 6 nitrogen and oxygen atoms in total. The smallest absolute Gasteiger partial charge is 0.145 e. The van der Waals surface area contributed by atoms with Crippen LogP contribution < -0.4 is 9.64 Å². The normalized spacial score (nSPS) is 14.5. The van der Waals surface area contributed by atoms with Crippen LogP contribution in [0.15, 0.2) is 36.0 Å². The topological polar surface area (TPSA) is 60.4 Å². The fourth-order valence-corrected chi connectivity index (χ4v) is 3.38. The summed E-state index contributed by atoms with van der Waals surface area (Å²) < 4.78 is 10.9. The lowest BCUT2D eigenvalue weighted by atomic mass is 10.1. The second-order valence-electron chi connectivity index (χ2n) is 5.54. The number of hydrogen-bond acceptors (Lipinski definition) is 7. The fraction of sp³-hybridized carbons (Fsp3) is 0.278. The van der Waals surface area contributed by atoms with E-state index in [0.29, 0.717) is 5.75 Å². The molecule has 7 heteroatoms. The van der Waals surface area contributed by atoms with Gasteiger partial charge in [0.2, 0.25) is 0 Å². The van der Waals surface area contributed by atoms with Crippen LogP contribution in [0, 0.1) is 6.20 Å². The standard InChI is InChI=1S/C18H17N4O2S/c1-23-16-3-2-15(18-20-4-9-25-18)21-17(16)13-10-14(12-19-11-13)22-5-7-24-8-6-22/h2-4,9-10,12H,5-8H2,1H3. The number of ether oxygens (including phenoxy) is 2. The van der Waals surface area contributed by atoms with Gasteiger partial charge in [0.1, 0.15) is 16.5 Å². The van der Waals surface area contributed by atoms with E-state index in [0.717, 1.165) is 53.9 Å². The highest BCUT2D eigenvalue weighted by molar-refractivity contribution is 7.13. The number of pyridine rings is 2. The summed E-state index contributed by atoms with van der Waals surface area (Å²) in [6.07, 6.45) is 6.65. The number of hydrogen-bond donors (Lipinski definition) is 0. The van der Waals surface area contributed by atoms with E-state index in [2.05, 4.69) is 27.1 Å². The Morgan fingerprint density at radius 1 is 1.28 bits per heavy atom. The van der Waals surface area contributed by atoms with Crippen LogP contribution in [0.1, 0.15) is 0 Å². The Bertz CT molecular complexity index is 848. The van der Waals surface area contributed by atoms with Crippen molar-refractivity contribution in [3.63, 3.8) is 0 Å². The van der Waals surface area contributed by atoms with Gasteiger partial charge in [0.05, 0.1) is 44.1 Å². The first-order valence-electron chi connectivity index (χ1n) is 8.01. The van der Waals surface area contributed by atoms with E-state index in [4.69, 9.17) is 14.5 Å². The number of nitrogens with zero attached hydrogens (tertiary/aromatic N) is 4. The van der Waals surface area contributed by atoms with E-state index >= 15 is 0 Å². The molecule has 0 aromatic carbocycles.